The number of ether oxygens (including phenoxy) is 2. The lowest BCUT2D eigenvalue weighted by atomic mass is 9.98. The average Bonchev–Trinajstić information content (AvgIpc) is 2.70. The predicted octanol–water partition coefficient (Wildman–Crippen LogP) is 3.76. The van der Waals surface area contributed by atoms with E-state index in [4.69, 9.17) is 9.47 Å². The van der Waals surface area contributed by atoms with Gasteiger partial charge in [0.25, 0.3) is 0 Å². The third-order valence-electron chi connectivity index (χ3n) is 4.31. The predicted molar refractivity (Wildman–Crippen MR) is 113 cm³/mol. The number of benzene rings is 2. The van der Waals surface area contributed by atoms with Crippen LogP contribution in [-0.2, 0) is 9.53 Å². The maximum Gasteiger partial charge on any atom is 0.338 e. The highest BCUT2D eigenvalue weighted by atomic mass is 35.5. The van der Waals surface area contributed by atoms with E-state index in [1.165, 1.54) is 6.92 Å². The van der Waals surface area contributed by atoms with E-state index in [1.54, 1.807) is 48.5 Å². The summed E-state index contributed by atoms with van der Waals surface area (Å²) in [4.78, 5) is 39.0. The fourth-order valence-electron chi connectivity index (χ4n) is 2.79. The van der Waals surface area contributed by atoms with Crippen molar-refractivity contribution in [3.05, 3.63) is 65.2 Å². The van der Waals surface area contributed by atoms with Gasteiger partial charge in [-0.1, -0.05) is 44.2 Å². The van der Waals surface area contributed by atoms with Gasteiger partial charge in [-0.3, -0.25) is 9.59 Å². The van der Waals surface area contributed by atoms with Crippen LogP contribution in [0, 0.1) is 0 Å². The monoisotopic (exact) mass is 419 g/mol. The van der Waals surface area contributed by atoms with Crippen LogP contribution in [0.25, 0.3) is 0 Å². The van der Waals surface area contributed by atoms with Gasteiger partial charge < -0.3 is 14.4 Å². The molecule has 2 rings (SSSR count). The molecule has 7 heteroatoms. The lowest BCUT2D eigenvalue weighted by Crippen LogP contribution is -2.28. The average molecular weight is 420 g/mol. The minimum absolute atomic E-state index is 0. The number of rotatable bonds is 9. The van der Waals surface area contributed by atoms with Gasteiger partial charge in [-0.05, 0) is 31.3 Å². The molecule has 0 aliphatic carbocycles. The Labute approximate surface area is 177 Å². The van der Waals surface area contributed by atoms with Crippen LogP contribution in [-0.4, -0.2) is 48.9 Å². The zero-order chi connectivity index (χ0) is 20.5. The third-order valence-corrected chi connectivity index (χ3v) is 4.31. The van der Waals surface area contributed by atoms with Gasteiger partial charge in [-0.25, -0.2) is 4.79 Å². The van der Waals surface area contributed by atoms with Crippen molar-refractivity contribution in [2.75, 3.05) is 26.2 Å². The Kier molecular flexibility index (Phi) is 10.1. The van der Waals surface area contributed by atoms with Gasteiger partial charge in [0.15, 0.2) is 5.78 Å². The fraction of sp³-hybridized carbons (Fsp3) is 0.318. The number of likely N-dealkylation sites (N-methyl/N-ethyl adjacent to an activating group) is 1. The van der Waals surface area contributed by atoms with E-state index in [0.29, 0.717) is 6.54 Å². The summed E-state index contributed by atoms with van der Waals surface area (Å²) in [7, 11) is 0. The molecule has 0 fully saturated rings. The van der Waals surface area contributed by atoms with E-state index in [9.17, 15) is 14.4 Å². The molecule has 0 saturated heterocycles. The largest absolute Gasteiger partial charge is 0.461 e. The molecular weight excluding hydrogens is 394 g/mol. The van der Waals surface area contributed by atoms with Crippen molar-refractivity contribution in [1.29, 1.82) is 0 Å². The van der Waals surface area contributed by atoms with Gasteiger partial charge in [0.1, 0.15) is 12.4 Å². The second-order valence-corrected chi connectivity index (χ2v) is 6.13. The summed E-state index contributed by atoms with van der Waals surface area (Å²) < 4.78 is 10.5. The summed E-state index contributed by atoms with van der Waals surface area (Å²) in [5.41, 5.74) is 0.598. The van der Waals surface area contributed by atoms with Crippen molar-refractivity contribution < 1.29 is 23.9 Å². The Bertz CT molecular complexity index is 849. The minimum Gasteiger partial charge on any atom is -0.461 e. The van der Waals surface area contributed by atoms with Gasteiger partial charge in [0.05, 0.1) is 11.1 Å². The normalized spacial score (nSPS) is 10.2. The number of carbonyl (C=O) groups excluding carboxylic acids is 3. The number of carbonyl (C=O) groups is 3. The molecule has 2 aromatic carbocycles. The molecule has 0 bridgehead atoms. The smallest absolute Gasteiger partial charge is 0.338 e. The lowest BCUT2D eigenvalue weighted by molar-refractivity contribution is -0.131. The molecular formula is C22H26ClNO5. The van der Waals surface area contributed by atoms with E-state index >= 15 is 0 Å². The second kappa shape index (κ2) is 12.0. The van der Waals surface area contributed by atoms with E-state index in [2.05, 4.69) is 4.90 Å². The van der Waals surface area contributed by atoms with E-state index < -0.39 is 17.7 Å². The molecule has 6 nitrogen and oxygen atoms in total. The Morgan fingerprint density at radius 2 is 1.41 bits per heavy atom. The van der Waals surface area contributed by atoms with Gasteiger partial charge in [-0.2, -0.15) is 0 Å². The number of hydrogen-bond donors (Lipinski definition) is 0. The summed E-state index contributed by atoms with van der Waals surface area (Å²) >= 11 is 0. The molecule has 2 aromatic rings. The first-order valence-corrected chi connectivity index (χ1v) is 9.28. The summed E-state index contributed by atoms with van der Waals surface area (Å²) in [6.45, 7) is 7.96. The number of ketones is 1. The van der Waals surface area contributed by atoms with Crippen molar-refractivity contribution in [2.45, 2.75) is 20.8 Å². The number of halogens is 1. The van der Waals surface area contributed by atoms with Gasteiger partial charge in [0, 0.05) is 19.0 Å². The first-order valence-electron chi connectivity index (χ1n) is 9.28. The Hall–Kier alpha value is -2.70. The Balaban J connectivity index is 0.00000420. The van der Waals surface area contributed by atoms with Crippen molar-refractivity contribution in [2.24, 2.45) is 0 Å². The first-order chi connectivity index (χ1) is 13.5. The highest BCUT2D eigenvalue weighted by Crippen LogP contribution is 2.24. The topological polar surface area (TPSA) is 72.9 Å². The van der Waals surface area contributed by atoms with E-state index in [1.807, 2.05) is 13.8 Å². The lowest BCUT2D eigenvalue weighted by Gasteiger charge is -2.17. The van der Waals surface area contributed by atoms with Gasteiger partial charge in [-0.15, -0.1) is 12.4 Å². The molecule has 0 amide bonds. The van der Waals surface area contributed by atoms with Crippen LogP contribution in [0.4, 0.5) is 0 Å². The van der Waals surface area contributed by atoms with Crippen molar-refractivity contribution in [3.8, 4) is 5.75 Å². The fourth-order valence-corrected chi connectivity index (χ4v) is 2.79. The summed E-state index contributed by atoms with van der Waals surface area (Å²) in [5, 5.41) is 0. The van der Waals surface area contributed by atoms with E-state index in [0.717, 1.165) is 13.1 Å². The third kappa shape index (κ3) is 6.69. The summed E-state index contributed by atoms with van der Waals surface area (Å²) in [5.74, 6) is -1.33. The molecule has 0 aromatic heterocycles. The molecule has 0 spiro atoms. The van der Waals surface area contributed by atoms with Gasteiger partial charge in [0.2, 0.25) is 0 Å². The Morgan fingerprint density at radius 3 is 2.00 bits per heavy atom. The van der Waals surface area contributed by atoms with Crippen LogP contribution in [0.1, 0.15) is 47.1 Å². The zero-order valence-electron chi connectivity index (χ0n) is 16.8. The molecule has 0 aliphatic rings. The number of esters is 2. The number of nitrogens with zero attached hydrogens (tertiary/aromatic N) is 1. The van der Waals surface area contributed by atoms with Crippen LogP contribution >= 0.6 is 12.4 Å². The molecule has 0 heterocycles. The summed E-state index contributed by atoms with van der Waals surface area (Å²) in [6.07, 6.45) is 0. The maximum absolute atomic E-state index is 13.0. The quantitative estimate of drug-likeness (QED) is 0.350. The summed E-state index contributed by atoms with van der Waals surface area (Å²) in [6, 6.07) is 12.9. The highest BCUT2D eigenvalue weighted by Gasteiger charge is 2.22. The number of hydrogen-bond acceptors (Lipinski definition) is 6. The maximum atomic E-state index is 13.0. The van der Waals surface area contributed by atoms with Crippen LogP contribution in [0.5, 0.6) is 5.75 Å². The van der Waals surface area contributed by atoms with Crippen molar-refractivity contribution in [1.82, 2.24) is 4.90 Å². The minimum atomic E-state index is -0.555. The van der Waals surface area contributed by atoms with Crippen molar-refractivity contribution >= 4 is 30.1 Å². The van der Waals surface area contributed by atoms with Crippen LogP contribution in [0.15, 0.2) is 48.5 Å². The molecule has 29 heavy (non-hydrogen) atoms. The van der Waals surface area contributed by atoms with Crippen LogP contribution in [0.2, 0.25) is 0 Å². The van der Waals surface area contributed by atoms with E-state index in [-0.39, 0.29) is 41.5 Å². The standard InChI is InChI=1S/C22H25NO5.ClH/c1-4-23(5-2)14-15-27-22(26)18-11-7-6-10-17(18)21(25)19-12-8-9-13-20(19)28-16(3)24;/h6-13H,4-5,14-15H2,1-3H3;1H. The molecule has 0 atom stereocenters. The first kappa shape index (κ1) is 24.3. The van der Waals surface area contributed by atoms with Crippen LogP contribution < -0.4 is 4.74 Å². The van der Waals surface area contributed by atoms with Gasteiger partial charge >= 0.3 is 11.9 Å². The molecule has 156 valence electrons. The van der Waals surface area contributed by atoms with Crippen molar-refractivity contribution in [3.63, 3.8) is 0 Å². The number of para-hydroxylation sites is 1. The highest BCUT2D eigenvalue weighted by molar-refractivity contribution is 6.15. The zero-order valence-corrected chi connectivity index (χ0v) is 17.7. The second-order valence-electron chi connectivity index (χ2n) is 6.13. The molecule has 0 N–H and O–H groups in total. The SMILES string of the molecule is CCN(CC)CCOC(=O)c1ccccc1C(=O)c1ccccc1OC(C)=O.Cl. The molecule has 0 radical (unpaired) electrons. The van der Waals surface area contributed by atoms with Crippen LogP contribution in [0.3, 0.4) is 0 Å². The molecule has 0 saturated carbocycles. The molecule has 0 aliphatic heterocycles. The Morgan fingerprint density at radius 1 is 0.862 bits per heavy atom. The molecule has 0 unspecified atom stereocenters.